The molecule has 3 nitrogen and oxygen atoms in total. The zero-order valence-corrected chi connectivity index (χ0v) is 12.3. The Morgan fingerprint density at radius 2 is 1.50 bits per heavy atom. The fourth-order valence-corrected chi connectivity index (χ4v) is 2.32. The fourth-order valence-electron chi connectivity index (χ4n) is 2.32. The number of aliphatic hydroxyl groups excluding tert-OH is 1. The van der Waals surface area contributed by atoms with Gasteiger partial charge < -0.3 is 9.84 Å². The number of hydrogen-bond donors (Lipinski definition) is 1. The Kier molecular flexibility index (Phi) is 4.17. The van der Waals surface area contributed by atoms with Gasteiger partial charge in [0.1, 0.15) is 11.9 Å². The van der Waals surface area contributed by atoms with Crippen LogP contribution in [0.5, 0.6) is 11.6 Å². The number of benzene rings is 2. The Bertz CT molecular complexity index is 742. The fraction of sp³-hybridized carbons (Fsp3) is 0.105. The van der Waals surface area contributed by atoms with Crippen LogP contribution in [0.4, 0.5) is 0 Å². The maximum Gasteiger partial charge on any atom is 0.219 e. The molecule has 1 N–H and O–H groups in total. The van der Waals surface area contributed by atoms with Crippen molar-refractivity contribution in [3.8, 4) is 11.6 Å². The summed E-state index contributed by atoms with van der Waals surface area (Å²) in [6, 6.07) is 22.7. The Hall–Kier alpha value is -2.65. The molecule has 0 aliphatic rings. The SMILES string of the molecule is Cc1nc(Oc2ccccc2)ccc1[C@@H](O)c1ccccc1. The largest absolute Gasteiger partial charge is 0.439 e. The minimum atomic E-state index is -0.681. The van der Waals surface area contributed by atoms with Crippen molar-refractivity contribution in [3.63, 3.8) is 0 Å². The lowest BCUT2D eigenvalue weighted by atomic mass is 10.0. The van der Waals surface area contributed by atoms with Crippen LogP contribution in [-0.4, -0.2) is 10.1 Å². The monoisotopic (exact) mass is 291 g/mol. The first-order valence-corrected chi connectivity index (χ1v) is 7.17. The number of aryl methyl sites for hydroxylation is 1. The van der Waals surface area contributed by atoms with Gasteiger partial charge in [-0.25, -0.2) is 4.98 Å². The average molecular weight is 291 g/mol. The van der Waals surface area contributed by atoms with Gasteiger partial charge in [0, 0.05) is 17.3 Å². The third-order valence-corrected chi connectivity index (χ3v) is 3.48. The van der Waals surface area contributed by atoms with Gasteiger partial charge in [0.05, 0.1) is 0 Å². The molecule has 22 heavy (non-hydrogen) atoms. The standard InChI is InChI=1S/C19H17NO2/c1-14-17(19(21)15-8-4-2-5-9-15)12-13-18(20-14)22-16-10-6-3-7-11-16/h2-13,19,21H,1H3/t19-/m0/s1. The van der Waals surface area contributed by atoms with Crippen molar-refractivity contribution in [1.82, 2.24) is 4.98 Å². The topological polar surface area (TPSA) is 42.4 Å². The first-order chi connectivity index (χ1) is 10.7. The van der Waals surface area contributed by atoms with E-state index in [1.54, 1.807) is 6.07 Å². The van der Waals surface area contributed by atoms with E-state index >= 15 is 0 Å². The Morgan fingerprint density at radius 3 is 2.14 bits per heavy atom. The molecule has 3 aromatic rings. The van der Waals surface area contributed by atoms with Gasteiger partial charge in [0.15, 0.2) is 0 Å². The van der Waals surface area contributed by atoms with Crippen LogP contribution in [0.2, 0.25) is 0 Å². The van der Waals surface area contributed by atoms with Crippen molar-refractivity contribution in [3.05, 3.63) is 89.6 Å². The summed E-state index contributed by atoms with van der Waals surface area (Å²) in [5.74, 6) is 1.26. The van der Waals surface area contributed by atoms with Gasteiger partial charge >= 0.3 is 0 Å². The van der Waals surface area contributed by atoms with Crippen LogP contribution >= 0.6 is 0 Å². The molecule has 1 aromatic heterocycles. The predicted octanol–water partition coefficient (Wildman–Crippen LogP) is 4.26. The number of ether oxygens (including phenoxy) is 1. The number of para-hydroxylation sites is 1. The summed E-state index contributed by atoms with van der Waals surface area (Å²) in [4.78, 5) is 4.43. The van der Waals surface area contributed by atoms with Crippen LogP contribution in [0.1, 0.15) is 22.9 Å². The van der Waals surface area contributed by atoms with Crippen LogP contribution in [0, 0.1) is 6.92 Å². The summed E-state index contributed by atoms with van der Waals surface area (Å²) in [7, 11) is 0. The molecule has 0 fully saturated rings. The lowest BCUT2D eigenvalue weighted by molar-refractivity contribution is 0.219. The van der Waals surface area contributed by atoms with Crippen LogP contribution in [0.15, 0.2) is 72.8 Å². The van der Waals surface area contributed by atoms with E-state index in [1.165, 1.54) is 0 Å². The van der Waals surface area contributed by atoms with Crippen molar-refractivity contribution in [1.29, 1.82) is 0 Å². The van der Waals surface area contributed by atoms with Crippen molar-refractivity contribution in [2.75, 3.05) is 0 Å². The molecule has 1 heterocycles. The number of aliphatic hydroxyl groups is 1. The highest BCUT2D eigenvalue weighted by atomic mass is 16.5. The molecule has 3 rings (SSSR count). The van der Waals surface area contributed by atoms with Gasteiger partial charge in [-0.3, -0.25) is 0 Å². The first kappa shape index (κ1) is 14.3. The van der Waals surface area contributed by atoms with E-state index in [-0.39, 0.29) is 0 Å². The van der Waals surface area contributed by atoms with Gasteiger partial charge in [-0.2, -0.15) is 0 Å². The molecular formula is C19H17NO2. The number of aromatic nitrogens is 1. The van der Waals surface area contributed by atoms with Crippen LogP contribution in [0.3, 0.4) is 0 Å². The molecule has 2 aromatic carbocycles. The second-order valence-corrected chi connectivity index (χ2v) is 5.05. The minimum Gasteiger partial charge on any atom is -0.439 e. The summed E-state index contributed by atoms with van der Waals surface area (Å²) in [6.07, 6.45) is -0.681. The molecule has 0 aliphatic carbocycles. The summed E-state index contributed by atoms with van der Waals surface area (Å²) in [5.41, 5.74) is 2.39. The van der Waals surface area contributed by atoms with Gasteiger partial charge in [-0.05, 0) is 30.7 Å². The molecule has 0 bridgehead atoms. The van der Waals surface area contributed by atoms with Crippen LogP contribution in [0.25, 0.3) is 0 Å². The normalized spacial score (nSPS) is 11.9. The highest BCUT2D eigenvalue weighted by molar-refractivity contribution is 5.35. The molecule has 3 heteroatoms. The lowest BCUT2D eigenvalue weighted by Crippen LogP contribution is -2.04. The molecule has 0 saturated heterocycles. The quantitative estimate of drug-likeness (QED) is 0.780. The lowest BCUT2D eigenvalue weighted by Gasteiger charge is -2.14. The summed E-state index contributed by atoms with van der Waals surface area (Å²) in [5, 5.41) is 10.5. The molecule has 110 valence electrons. The third kappa shape index (κ3) is 3.15. The summed E-state index contributed by atoms with van der Waals surface area (Å²) < 4.78 is 5.71. The Morgan fingerprint density at radius 1 is 0.864 bits per heavy atom. The molecule has 0 spiro atoms. The van der Waals surface area contributed by atoms with Gasteiger partial charge in [0.2, 0.25) is 5.88 Å². The molecular weight excluding hydrogens is 274 g/mol. The molecule has 0 radical (unpaired) electrons. The van der Waals surface area contributed by atoms with Crippen LogP contribution < -0.4 is 4.74 Å². The predicted molar refractivity (Wildman–Crippen MR) is 86.0 cm³/mol. The molecule has 0 aliphatic heterocycles. The third-order valence-electron chi connectivity index (χ3n) is 3.48. The number of pyridine rings is 1. The number of nitrogens with zero attached hydrogens (tertiary/aromatic N) is 1. The number of rotatable bonds is 4. The summed E-state index contributed by atoms with van der Waals surface area (Å²) in [6.45, 7) is 1.87. The number of hydrogen-bond acceptors (Lipinski definition) is 3. The average Bonchev–Trinajstić information content (AvgIpc) is 2.56. The highest BCUT2D eigenvalue weighted by Crippen LogP contribution is 2.27. The van der Waals surface area contributed by atoms with E-state index in [0.717, 1.165) is 22.6 Å². The van der Waals surface area contributed by atoms with Crippen molar-refractivity contribution >= 4 is 0 Å². The zero-order chi connectivity index (χ0) is 15.4. The van der Waals surface area contributed by atoms with E-state index in [1.807, 2.05) is 73.7 Å². The van der Waals surface area contributed by atoms with E-state index in [9.17, 15) is 5.11 Å². The first-order valence-electron chi connectivity index (χ1n) is 7.17. The van der Waals surface area contributed by atoms with Gasteiger partial charge in [-0.15, -0.1) is 0 Å². The van der Waals surface area contributed by atoms with Crippen molar-refractivity contribution in [2.45, 2.75) is 13.0 Å². The zero-order valence-electron chi connectivity index (χ0n) is 12.3. The summed E-state index contributed by atoms with van der Waals surface area (Å²) >= 11 is 0. The van der Waals surface area contributed by atoms with Crippen LogP contribution in [-0.2, 0) is 0 Å². The highest BCUT2D eigenvalue weighted by Gasteiger charge is 2.14. The second kappa shape index (κ2) is 6.41. The Balaban J connectivity index is 1.83. The molecule has 0 saturated carbocycles. The smallest absolute Gasteiger partial charge is 0.219 e. The van der Waals surface area contributed by atoms with E-state index in [2.05, 4.69) is 4.98 Å². The molecule has 0 amide bonds. The van der Waals surface area contributed by atoms with Gasteiger partial charge in [0.25, 0.3) is 0 Å². The second-order valence-electron chi connectivity index (χ2n) is 5.05. The maximum atomic E-state index is 10.5. The maximum absolute atomic E-state index is 10.5. The van der Waals surface area contributed by atoms with Crippen molar-refractivity contribution < 1.29 is 9.84 Å². The van der Waals surface area contributed by atoms with E-state index in [0.29, 0.717) is 5.88 Å². The Labute approximate surface area is 129 Å². The molecule has 0 unspecified atom stereocenters. The minimum absolute atomic E-state index is 0.521. The van der Waals surface area contributed by atoms with E-state index in [4.69, 9.17) is 4.74 Å². The molecule has 1 atom stereocenters. The van der Waals surface area contributed by atoms with Crippen molar-refractivity contribution in [2.24, 2.45) is 0 Å². The van der Waals surface area contributed by atoms with E-state index < -0.39 is 6.10 Å². The van der Waals surface area contributed by atoms with Gasteiger partial charge in [-0.1, -0.05) is 48.5 Å².